The number of aryl methyl sites for hydroxylation is 1. The summed E-state index contributed by atoms with van der Waals surface area (Å²) in [6, 6.07) is 0.382. The van der Waals surface area contributed by atoms with Crippen LogP contribution in [-0.2, 0) is 11.2 Å². The normalized spacial score (nSPS) is 20.9. The molecule has 16 heavy (non-hydrogen) atoms. The Morgan fingerprint density at radius 3 is 3.31 bits per heavy atom. The first-order valence-electron chi connectivity index (χ1n) is 5.76. The van der Waals surface area contributed by atoms with Crippen molar-refractivity contribution in [3.63, 3.8) is 0 Å². The summed E-state index contributed by atoms with van der Waals surface area (Å²) in [6.45, 7) is 5.51. The van der Waals surface area contributed by atoms with E-state index in [1.54, 1.807) is 0 Å². The number of nitrogens with one attached hydrogen (secondary N) is 2. The van der Waals surface area contributed by atoms with Gasteiger partial charge in [-0.25, -0.2) is 4.98 Å². The van der Waals surface area contributed by atoms with E-state index in [-0.39, 0.29) is 0 Å². The van der Waals surface area contributed by atoms with Crippen molar-refractivity contribution >= 4 is 16.7 Å². The van der Waals surface area contributed by atoms with Crippen molar-refractivity contribution in [1.82, 2.24) is 14.7 Å². The van der Waals surface area contributed by atoms with Gasteiger partial charge in [0.15, 0.2) is 0 Å². The molecule has 2 N–H and O–H groups in total. The fraction of sp³-hybridized carbons (Fsp3) is 0.800. The smallest absolute Gasteiger partial charge is 0.202 e. The summed E-state index contributed by atoms with van der Waals surface area (Å²) in [7, 11) is 0. The quantitative estimate of drug-likeness (QED) is 0.803. The highest BCUT2D eigenvalue weighted by Gasteiger charge is 2.13. The molecule has 1 atom stereocenters. The van der Waals surface area contributed by atoms with Crippen LogP contribution in [0.15, 0.2) is 0 Å². The van der Waals surface area contributed by atoms with E-state index in [0.29, 0.717) is 6.04 Å². The first kappa shape index (κ1) is 11.8. The van der Waals surface area contributed by atoms with Gasteiger partial charge in [0.2, 0.25) is 5.13 Å². The first-order chi connectivity index (χ1) is 7.88. The first-order valence-corrected chi connectivity index (χ1v) is 6.53. The van der Waals surface area contributed by atoms with Gasteiger partial charge in [-0.2, -0.15) is 4.37 Å². The third-order valence-electron chi connectivity index (χ3n) is 2.44. The van der Waals surface area contributed by atoms with Gasteiger partial charge in [-0.1, -0.05) is 6.92 Å². The number of aromatic nitrogens is 2. The minimum absolute atomic E-state index is 0.382. The summed E-state index contributed by atoms with van der Waals surface area (Å²) in [5.74, 6) is 0.947. The molecule has 0 aliphatic carbocycles. The van der Waals surface area contributed by atoms with Gasteiger partial charge >= 0.3 is 0 Å². The molecule has 1 unspecified atom stereocenters. The van der Waals surface area contributed by atoms with Crippen LogP contribution in [0, 0.1) is 0 Å². The zero-order valence-corrected chi connectivity index (χ0v) is 10.3. The summed E-state index contributed by atoms with van der Waals surface area (Å²) in [5.41, 5.74) is 0. The summed E-state index contributed by atoms with van der Waals surface area (Å²) in [4.78, 5) is 4.41. The Morgan fingerprint density at radius 2 is 2.56 bits per heavy atom. The molecule has 2 heterocycles. The van der Waals surface area contributed by atoms with Crippen LogP contribution in [0.5, 0.6) is 0 Å². The van der Waals surface area contributed by atoms with Gasteiger partial charge in [-0.15, -0.1) is 0 Å². The monoisotopic (exact) mass is 242 g/mol. The van der Waals surface area contributed by atoms with Crippen molar-refractivity contribution < 1.29 is 4.74 Å². The van der Waals surface area contributed by atoms with E-state index in [0.717, 1.165) is 50.1 Å². The molecule has 6 heteroatoms. The van der Waals surface area contributed by atoms with Crippen molar-refractivity contribution in [2.45, 2.75) is 25.8 Å². The van der Waals surface area contributed by atoms with Crippen LogP contribution >= 0.6 is 11.5 Å². The number of ether oxygens (including phenoxy) is 1. The minimum atomic E-state index is 0.382. The van der Waals surface area contributed by atoms with Crippen LogP contribution in [0.1, 0.15) is 19.2 Å². The second-order valence-electron chi connectivity index (χ2n) is 3.87. The summed E-state index contributed by atoms with van der Waals surface area (Å²) < 4.78 is 9.67. The maximum atomic E-state index is 5.38. The maximum Gasteiger partial charge on any atom is 0.202 e. The predicted molar refractivity (Wildman–Crippen MR) is 65.0 cm³/mol. The van der Waals surface area contributed by atoms with E-state index in [9.17, 15) is 0 Å². The average Bonchev–Trinajstić information content (AvgIpc) is 2.76. The van der Waals surface area contributed by atoms with Gasteiger partial charge in [0.1, 0.15) is 5.82 Å². The third-order valence-corrected chi connectivity index (χ3v) is 3.15. The highest BCUT2D eigenvalue weighted by atomic mass is 32.1. The number of anilines is 1. The molecule has 5 nitrogen and oxygen atoms in total. The number of rotatable bonds is 5. The molecule has 90 valence electrons. The second kappa shape index (κ2) is 6.12. The Balaban J connectivity index is 1.75. The van der Waals surface area contributed by atoms with Gasteiger partial charge in [0, 0.05) is 37.1 Å². The Morgan fingerprint density at radius 1 is 1.62 bits per heavy atom. The Kier molecular flexibility index (Phi) is 4.50. The molecule has 1 aromatic heterocycles. The van der Waals surface area contributed by atoms with Crippen LogP contribution < -0.4 is 10.6 Å². The molecule has 1 saturated heterocycles. The Hall–Kier alpha value is -0.720. The lowest BCUT2D eigenvalue weighted by Crippen LogP contribution is -2.45. The summed E-state index contributed by atoms with van der Waals surface area (Å²) in [5, 5.41) is 7.60. The summed E-state index contributed by atoms with van der Waals surface area (Å²) in [6.07, 6.45) is 2.05. The standard InChI is InChI=1S/C10H18N4OS/c1-2-3-9-13-10(16-14-9)12-6-8-7-15-5-4-11-8/h8,11H,2-7H2,1H3,(H,12,13,14). The molecular formula is C10H18N4OS. The lowest BCUT2D eigenvalue weighted by Gasteiger charge is -2.23. The van der Waals surface area contributed by atoms with E-state index >= 15 is 0 Å². The number of hydrogen-bond donors (Lipinski definition) is 2. The average molecular weight is 242 g/mol. The number of nitrogens with zero attached hydrogens (tertiary/aromatic N) is 2. The fourth-order valence-corrected chi connectivity index (χ4v) is 2.23. The van der Waals surface area contributed by atoms with E-state index < -0.39 is 0 Å². The van der Waals surface area contributed by atoms with Crippen LogP contribution in [0.2, 0.25) is 0 Å². The molecule has 0 aromatic carbocycles. The van der Waals surface area contributed by atoms with Gasteiger partial charge in [0.25, 0.3) is 0 Å². The highest BCUT2D eigenvalue weighted by molar-refractivity contribution is 7.09. The lowest BCUT2D eigenvalue weighted by atomic mass is 10.3. The molecule has 1 aromatic rings. The molecule has 0 saturated carbocycles. The van der Waals surface area contributed by atoms with E-state index in [1.165, 1.54) is 11.5 Å². The number of hydrogen-bond acceptors (Lipinski definition) is 6. The van der Waals surface area contributed by atoms with Gasteiger partial charge in [-0.05, 0) is 6.42 Å². The van der Waals surface area contributed by atoms with Gasteiger partial charge in [-0.3, -0.25) is 0 Å². The van der Waals surface area contributed by atoms with Crippen molar-refractivity contribution in [2.24, 2.45) is 0 Å². The minimum Gasteiger partial charge on any atom is -0.378 e. The van der Waals surface area contributed by atoms with E-state index in [2.05, 4.69) is 26.9 Å². The van der Waals surface area contributed by atoms with Crippen LogP contribution in [-0.4, -0.2) is 41.7 Å². The van der Waals surface area contributed by atoms with Crippen LogP contribution in [0.4, 0.5) is 5.13 Å². The third kappa shape index (κ3) is 3.40. The van der Waals surface area contributed by atoms with Crippen LogP contribution in [0.3, 0.4) is 0 Å². The Bertz CT molecular complexity index is 312. The zero-order chi connectivity index (χ0) is 11.2. The van der Waals surface area contributed by atoms with Gasteiger partial charge in [0.05, 0.1) is 13.2 Å². The van der Waals surface area contributed by atoms with Crippen molar-refractivity contribution in [2.75, 3.05) is 31.6 Å². The molecule has 1 aliphatic rings. The van der Waals surface area contributed by atoms with Crippen molar-refractivity contribution in [1.29, 1.82) is 0 Å². The topological polar surface area (TPSA) is 59.1 Å². The van der Waals surface area contributed by atoms with Crippen molar-refractivity contribution in [3.05, 3.63) is 5.82 Å². The maximum absolute atomic E-state index is 5.38. The molecule has 0 spiro atoms. The summed E-state index contributed by atoms with van der Waals surface area (Å²) >= 11 is 1.44. The molecule has 0 radical (unpaired) electrons. The number of morpholine rings is 1. The molecule has 0 amide bonds. The molecule has 1 fully saturated rings. The zero-order valence-electron chi connectivity index (χ0n) is 9.53. The molecule has 1 aliphatic heterocycles. The molecule has 0 bridgehead atoms. The molecular weight excluding hydrogens is 224 g/mol. The SMILES string of the molecule is CCCc1nsc(NCC2COCCN2)n1. The van der Waals surface area contributed by atoms with Crippen molar-refractivity contribution in [3.8, 4) is 0 Å². The van der Waals surface area contributed by atoms with Gasteiger partial charge < -0.3 is 15.4 Å². The Labute approximate surface area is 99.8 Å². The predicted octanol–water partition coefficient (Wildman–Crippen LogP) is 0.891. The van der Waals surface area contributed by atoms with E-state index in [1.807, 2.05) is 0 Å². The fourth-order valence-electron chi connectivity index (χ4n) is 1.61. The highest BCUT2D eigenvalue weighted by Crippen LogP contribution is 2.12. The molecule has 2 rings (SSSR count). The lowest BCUT2D eigenvalue weighted by molar-refractivity contribution is 0.0806. The largest absolute Gasteiger partial charge is 0.378 e. The second-order valence-corrected chi connectivity index (χ2v) is 4.62. The van der Waals surface area contributed by atoms with Crippen LogP contribution in [0.25, 0.3) is 0 Å². The van der Waals surface area contributed by atoms with E-state index in [4.69, 9.17) is 4.74 Å².